The van der Waals surface area contributed by atoms with E-state index in [1.165, 1.54) is 12.0 Å². The van der Waals surface area contributed by atoms with E-state index in [4.69, 9.17) is 0 Å². The van der Waals surface area contributed by atoms with Gasteiger partial charge >= 0.3 is 5.97 Å². The van der Waals surface area contributed by atoms with Crippen LogP contribution in [-0.4, -0.2) is 37.5 Å². The van der Waals surface area contributed by atoms with Crippen molar-refractivity contribution < 1.29 is 14.3 Å². The Hall–Kier alpha value is -1.06. The largest absolute Gasteiger partial charge is 0.468 e. The van der Waals surface area contributed by atoms with Crippen LogP contribution in [0, 0.1) is 5.92 Å². The maximum Gasteiger partial charge on any atom is 0.325 e. The molecule has 0 aliphatic heterocycles. The minimum atomic E-state index is -0.390. The molecule has 0 saturated heterocycles. The number of carbonyl (C=O) groups is 2. The summed E-state index contributed by atoms with van der Waals surface area (Å²) in [5.41, 5.74) is 0. The van der Waals surface area contributed by atoms with Gasteiger partial charge in [-0.05, 0) is 6.42 Å². The molecule has 0 bridgehead atoms. The van der Waals surface area contributed by atoms with Crippen LogP contribution in [0.2, 0.25) is 0 Å². The molecule has 0 heterocycles. The Kier molecular flexibility index (Phi) is 5.11. The van der Waals surface area contributed by atoms with Crippen molar-refractivity contribution in [3.8, 4) is 0 Å². The average Bonchev–Trinajstić information content (AvgIpc) is 2.14. The van der Waals surface area contributed by atoms with E-state index >= 15 is 0 Å². The number of hydrogen-bond donors (Lipinski definition) is 0. The van der Waals surface area contributed by atoms with Crippen LogP contribution in [0.4, 0.5) is 0 Å². The van der Waals surface area contributed by atoms with Crippen LogP contribution in [0.15, 0.2) is 0 Å². The maximum atomic E-state index is 11.4. The summed E-state index contributed by atoms with van der Waals surface area (Å²) in [6.07, 6.45) is 0.782. The molecular weight excluding hydrogens is 170 g/mol. The maximum absolute atomic E-state index is 11.4. The molecule has 0 aromatic carbocycles. The SMILES string of the molecule is CC[C@H](C)C(=O)N(C)CC(=O)OC. The average molecular weight is 187 g/mol. The second-order valence-electron chi connectivity index (χ2n) is 3.08. The lowest BCUT2D eigenvalue weighted by Crippen LogP contribution is -2.35. The Labute approximate surface area is 78.9 Å². The van der Waals surface area contributed by atoms with E-state index in [1.807, 2.05) is 13.8 Å². The van der Waals surface area contributed by atoms with E-state index in [0.717, 1.165) is 6.42 Å². The first-order valence-corrected chi connectivity index (χ1v) is 4.34. The van der Waals surface area contributed by atoms with Gasteiger partial charge in [-0.3, -0.25) is 9.59 Å². The van der Waals surface area contributed by atoms with E-state index in [-0.39, 0.29) is 24.3 Å². The standard InChI is InChI=1S/C9H17NO3/c1-5-7(2)9(12)10(3)6-8(11)13-4/h7H,5-6H2,1-4H3/t7-/m0/s1. The van der Waals surface area contributed by atoms with Gasteiger partial charge in [0.25, 0.3) is 0 Å². The molecule has 0 aromatic rings. The quantitative estimate of drug-likeness (QED) is 0.607. The summed E-state index contributed by atoms with van der Waals surface area (Å²) >= 11 is 0. The molecule has 4 nitrogen and oxygen atoms in total. The summed E-state index contributed by atoms with van der Waals surface area (Å²) in [6.45, 7) is 3.81. The van der Waals surface area contributed by atoms with Crippen molar-refractivity contribution >= 4 is 11.9 Å². The second kappa shape index (κ2) is 5.56. The van der Waals surface area contributed by atoms with Crippen LogP contribution < -0.4 is 0 Å². The van der Waals surface area contributed by atoms with Crippen molar-refractivity contribution in [3.05, 3.63) is 0 Å². The highest BCUT2D eigenvalue weighted by atomic mass is 16.5. The minimum Gasteiger partial charge on any atom is -0.468 e. The van der Waals surface area contributed by atoms with Crippen LogP contribution in [0.25, 0.3) is 0 Å². The smallest absolute Gasteiger partial charge is 0.325 e. The van der Waals surface area contributed by atoms with Crippen molar-refractivity contribution in [2.24, 2.45) is 5.92 Å². The van der Waals surface area contributed by atoms with Gasteiger partial charge in [-0.2, -0.15) is 0 Å². The Balaban J connectivity index is 4.03. The molecular formula is C9H17NO3. The van der Waals surface area contributed by atoms with Crippen LogP contribution in [0.3, 0.4) is 0 Å². The number of methoxy groups -OCH3 is 1. The molecule has 0 fully saturated rings. The number of carbonyl (C=O) groups excluding carboxylic acids is 2. The summed E-state index contributed by atoms with van der Waals surface area (Å²) in [5.74, 6) is -0.443. The molecule has 0 aliphatic rings. The highest BCUT2D eigenvalue weighted by molar-refractivity contribution is 5.83. The van der Waals surface area contributed by atoms with E-state index in [9.17, 15) is 9.59 Å². The van der Waals surface area contributed by atoms with Crippen LogP contribution in [0.1, 0.15) is 20.3 Å². The number of esters is 1. The number of ether oxygens (including phenoxy) is 1. The summed E-state index contributed by atoms with van der Waals surface area (Å²) in [5, 5.41) is 0. The van der Waals surface area contributed by atoms with E-state index in [1.54, 1.807) is 7.05 Å². The van der Waals surface area contributed by atoms with Crippen LogP contribution in [0.5, 0.6) is 0 Å². The molecule has 0 aromatic heterocycles. The molecule has 0 saturated carbocycles. The summed E-state index contributed by atoms with van der Waals surface area (Å²) in [6, 6.07) is 0. The van der Waals surface area contributed by atoms with Gasteiger partial charge in [-0.15, -0.1) is 0 Å². The van der Waals surface area contributed by atoms with Gasteiger partial charge in [-0.1, -0.05) is 13.8 Å². The molecule has 13 heavy (non-hydrogen) atoms. The lowest BCUT2D eigenvalue weighted by molar-refractivity contribution is -0.147. The fourth-order valence-corrected chi connectivity index (χ4v) is 0.887. The number of likely N-dealkylation sites (N-methyl/N-ethyl adjacent to an activating group) is 1. The first kappa shape index (κ1) is 11.9. The molecule has 0 radical (unpaired) electrons. The molecule has 76 valence electrons. The minimum absolute atomic E-state index is 0.0205. The number of nitrogens with zero attached hydrogens (tertiary/aromatic N) is 1. The second-order valence-corrected chi connectivity index (χ2v) is 3.08. The van der Waals surface area contributed by atoms with Gasteiger partial charge in [0, 0.05) is 13.0 Å². The van der Waals surface area contributed by atoms with Crippen molar-refractivity contribution in [3.63, 3.8) is 0 Å². The van der Waals surface area contributed by atoms with Gasteiger partial charge in [0.05, 0.1) is 7.11 Å². The Morgan fingerprint density at radius 3 is 2.38 bits per heavy atom. The topological polar surface area (TPSA) is 46.6 Å². The van der Waals surface area contributed by atoms with Crippen LogP contribution >= 0.6 is 0 Å². The third-order valence-electron chi connectivity index (χ3n) is 2.00. The van der Waals surface area contributed by atoms with Gasteiger partial charge in [0.1, 0.15) is 6.54 Å². The zero-order valence-electron chi connectivity index (χ0n) is 8.66. The van der Waals surface area contributed by atoms with Crippen molar-refractivity contribution in [2.45, 2.75) is 20.3 Å². The fraction of sp³-hybridized carbons (Fsp3) is 0.778. The summed E-state index contributed by atoms with van der Waals surface area (Å²) in [7, 11) is 2.91. The summed E-state index contributed by atoms with van der Waals surface area (Å²) < 4.78 is 4.45. The fourth-order valence-electron chi connectivity index (χ4n) is 0.887. The van der Waals surface area contributed by atoms with Crippen molar-refractivity contribution in [1.82, 2.24) is 4.90 Å². The van der Waals surface area contributed by atoms with Gasteiger partial charge in [0.2, 0.25) is 5.91 Å². The Morgan fingerprint density at radius 2 is 2.00 bits per heavy atom. The molecule has 0 spiro atoms. The van der Waals surface area contributed by atoms with Gasteiger partial charge in [-0.25, -0.2) is 0 Å². The molecule has 1 atom stereocenters. The van der Waals surface area contributed by atoms with Gasteiger partial charge < -0.3 is 9.64 Å². The first-order chi connectivity index (χ1) is 6.02. The normalized spacial score (nSPS) is 12.0. The predicted molar refractivity (Wildman–Crippen MR) is 49.1 cm³/mol. The molecule has 1 amide bonds. The third kappa shape index (κ3) is 3.92. The number of amides is 1. The highest BCUT2D eigenvalue weighted by Gasteiger charge is 2.17. The first-order valence-electron chi connectivity index (χ1n) is 4.34. The number of hydrogen-bond acceptors (Lipinski definition) is 3. The lowest BCUT2D eigenvalue weighted by atomic mass is 10.1. The van der Waals surface area contributed by atoms with E-state index in [0.29, 0.717) is 0 Å². The third-order valence-corrected chi connectivity index (χ3v) is 2.00. The Morgan fingerprint density at radius 1 is 1.46 bits per heavy atom. The molecule has 0 aliphatic carbocycles. The van der Waals surface area contributed by atoms with Gasteiger partial charge in [0.15, 0.2) is 0 Å². The lowest BCUT2D eigenvalue weighted by Gasteiger charge is -2.18. The number of rotatable bonds is 4. The molecule has 4 heteroatoms. The van der Waals surface area contributed by atoms with E-state index in [2.05, 4.69) is 4.74 Å². The van der Waals surface area contributed by atoms with Crippen LogP contribution in [-0.2, 0) is 14.3 Å². The summed E-state index contributed by atoms with van der Waals surface area (Å²) in [4.78, 5) is 23.7. The highest BCUT2D eigenvalue weighted by Crippen LogP contribution is 2.04. The molecule has 0 rings (SSSR count). The van der Waals surface area contributed by atoms with Crippen molar-refractivity contribution in [1.29, 1.82) is 0 Å². The zero-order valence-corrected chi connectivity index (χ0v) is 8.66. The van der Waals surface area contributed by atoms with E-state index < -0.39 is 0 Å². The zero-order chi connectivity index (χ0) is 10.4. The molecule has 0 unspecified atom stereocenters. The van der Waals surface area contributed by atoms with Crippen molar-refractivity contribution in [2.75, 3.05) is 20.7 Å². The molecule has 0 N–H and O–H groups in total. The predicted octanol–water partition coefficient (Wildman–Crippen LogP) is 0.664. The monoisotopic (exact) mass is 187 g/mol. The Bertz CT molecular complexity index is 191.